The van der Waals surface area contributed by atoms with Gasteiger partial charge in [-0.25, -0.2) is 4.79 Å². The molecule has 1 aromatic heterocycles. The molecule has 2 rings (SSSR count). The molecule has 0 bridgehead atoms. The number of anilines is 1. The molecule has 0 atom stereocenters. The second kappa shape index (κ2) is 6.69. The third kappa shape index (κ3) is 3.62. The summed E-state index contributed by atoms with van der Waals surface area (Å²) < 4.78 is 5.24. The van der Waals surface area contributed by atoms with E-state index in [-0.39, 0.29) is 12.0 Å². The molecule has 0 saturated heterocycles. The van der Waals surface area contributed by atoms with Gasteiger partial charge >= 0.3 is 5.97 Å². The van der Waals surface area contributed by atoms with Gasteiger partial charge in [0, 0.05) is 11.4 Å². The minimum Gasteiger partial charge on any atom is -0.459 e. The highest BCUT2D eigenvalue weighted by Crippen LogP contribution is 2.21. The number of H-pyrrole nitrogens is 1. The van der Waals surface area contributed by atoms with Crippen LogP contribution in [0.2, 0.25) is 0 Å². The number of aromatic nitrogens is 1. The highest BCUT2D eigenvalue weighted by atomic mass is 16.5. The number of aryl methyl sites for hydroxylation is 2. The molecule has 0 aliphatic rings. The Morgan fingerprint density at radius 2 is 1.78 bits per heavy atom. The van der Waals surface area contributed by atoms with E-state index in [1.807, 2.05) is 31.2 Å². The third-order valence-electron chi connectivity index (χ3n) is 3.60. The molecular formula is C18H22N2O3. The number of para-hydroxylation sites is 1. The molecule has 23 heavy (non-hydrogen) atoms. The zero-order valence-electron chi connectivity index (χ0n) is 14.1. The fourth-order valence-corrected chi connectivity index (χ4v) is 2.45. The lowest BCUT2D eigenvalue weighted by molar-refractivity contribution is 0.0376. The third-order valence-corrected chi connectivity index (χ3v) is 3.60. The lowest BCUT2D eigenvalue weighted by Crippen LogP contribution is -2.15. The van der Waals surface area contributed by atoms with E-state index in [2.05, 4.69) is 10.3 Å². The summed E-state index contributed by atoms with van der Waals surface area (Å²) in [6.45, 7) is 9.01. The molecule has 1 aromatic carbocycles. The first kappa shape index (κ1) is 16.8. The largest absolute Gasteiger partial charge is 0.459 e. The zero-order chi connectivity index (χ0) is 17.1. The lowest BCUT2D eigenvalue weighted by Gasteiger charge is -2.09. The smallest absolute Gasteiger partial charge is 0.340 e. The van der Waals surface area contributed by atoms with Crippen LogP contribution in [-0.2, 0) is 4.74 Å². The minimum atomic E-state index is -0.416. The van der Waals surface area contributed by atoms with E-state index in [9.17, 15) is 9.59 Å². The zero-order valence-corrected chi connectivity index (χ0v) is 14.1. The summed E-state index contributed by atoms with van der Waals surface area (Å²) in [7, 11) is 0. The molecule has 0 radical (unpaired) electrons. The standard InChI is InChI=1S/C18H22N2O3/c1-10(2)23-18(22)15-12(4)16(19-13(15)5)17(21)20-14-9-7-6-8-11(14)3/h6-10,19H,1-5H3,(H,20,21). The molecular weight excluding hydrogens is 292 g/mol. The summed E-state index contributed by atoms with van der Waals surface area (Å²) in [5.41, 5.74) is 3.74. The Bertz CT molecular complexity index is 745. The van der Waals surface area contributed by atoms with Gasteiger partial charge in [-0.05, 0) is 51.8 Å². The number of aromatic amines is 1. The summed E-state index contributed by atoms with van der Waals surface area (Å²) in [5.74, 6) is -0.690. The van der Waals surface area contributed by atoms with Crippen LogP contribution < -0.4 is 5.32 Å². The van der Waals surface area contributed by atoms with Crippen LogP contribution in [0.4, 0.5) is 5.69 Å². The highest BCUT2D eigenvalue weighted by Gasteiger charge is 2.23. The van der Waals surface area contributed by atoms with Crippen molar-refractivity contribution in [2.24, 2.45) is 0 Å². The van der Waals surface area contributed by atoms with Gasteiger partial charge in [-0.2, -0.15) is 0 Å². The van der Waals surface area contributed by atoms with Crippen molar-refractivity contribution in [1.82, 2.24) is 4.98 Å². The second-order valence-corrected chi connectivity index (χ2v) is 5.85. The fraction of sp³-hybridized carbons (Fsp3) is 0.333. The first-order chi connectivity index (χ1) is 10.8. The van der Waals surface area contributed by atoms with E-state index in [1.54, 1.807) is 27.7 Å². The number of ether oxygens (including phenoxy) is 1. The quantitative estimate of drug-likeness (QED) is 0.844. The van der Waals surface area contributed by atoms with E-state index in [1.165, 1.54) is 0 Å². The summed E-state index contributed by atoms with van der Waals surface area (Å²) >= 11 is 0. The topological polar surface area (TPSA) is 71.2 Å². The number of carbonyl (C=O) groups excluding carboxylic acids is 2. The lowest BCUT2D eigenvalue weighted by atomic mass is 10.1. The number of hydrogen-bond donors (Lipinski definition) is 2. The van der Waals surface area contributed by atoms with E-state index < -0.39 is 5.97 Å². The summed E-state index contributed by atoms with van der Waals surface area (Å²) in [6.07, 6.45) is -0.208. The Kier molecular flexibility index (Phi) is 4.89. The summed E-state index contributed by atoms with van der Waals surface area (Å²) in [5, 5.41) is 2.87. The number of nitrogens with one attached hydrogen (secondary N) is 2. The average Bonchev–Trinajstić information content (AvgIpc) is 2.75. The van der Waals surface area contributed by atoms with Crippen LogP contribution in [0.3, 0.4) is 0 Å². The van der Waals surface area contributed by atoms with Gasteiger partial charge in [0.1, 0.15) is 5.69 Å². The molecule has 5 nitrogen and oxygen atoms in total. The van der Waals surface area contributed by atoms with Crippen molar-refractivity contribution in [2.75, 3.05) is 5.32 Å². The van der Waals surface area contributed by atoms with E-state index >= 15 is 0 Å². The summed E-state index contributed by atoms with van der Waals surface area (Å²) in [6, 6.07) is 7.54. The Morgan fingerprint density at radius 1 is 1.13 bits per heavy atom. The molecule has 5 heteroatoms. The molecule has 2 N–H and O–H groups in total. The molecule has 1 heterocycles. The second-order valence-electron chi connectivity index (χ2n) is 5.85. The summed E-state index contributed by atoms with van der Waals surface area (Å²) in [4.78, 5) is 27.7. The van der Waals surface area contributed by atoms with Gasteiger partial charge in [-0.3, -0.25) is 4.79 Å². The number of benzene rings is 1. The van der Waals surface area contributed by atoms with Crippen molar-refractivity contribution >= 4 is 17.6 Å². The van der Waals surface area contributed by atoms with Crippen LogP contribution in [0.5, 0.6) is 0 Å². The van der Waals surface area contributed by atoms with E-state index in [0.29, 0.717) is 22.5 Å². The molecule has 0 saturated carbocycles. The molecule has 0 aliphatic carbocycles. The maximum absolute atomic E-state index is 12.5. The van der Waals surface area contributed by atoms with Crippen LogP contribution in [-0.4, -0.2) is 23.0 Å². The predicted octanol–water partition coefficient (Wildman–Crippen LogP) is 3.76. The molecule has 0 unspecified atom stereocenters. The number of rotatable bonds is 4. The van der Waals surface area contributed by atoms with Gasteiger partial charge in [0.05, 0.1) is 11.7 Å². The van der Waals surface area contributed by atoms with Crippen LogP contribution in [0.1, 0.15) is 51.5 Å². The maximum Gasteiger partial charge on any atom is 0.340 e. The van der Waals surface area contributed by atoms with Gasteiger partial charge in [0.25, 0.3) is 5.91 Å². The monoisotopic (exact) mass is 314 g/mol. The Morgan fingerprint density at radius 3 is 2.39 bits per heavy atom. The molecule has 0 spiro atoms. The number of carbonyl (C=O) groups is 2. The molecule has 122 valence electrons. The van der Waals surface area contributed by atoms with Gasteiger partial charge in [0.15, 0.2) is 0 Å². The number of hydrogen-bond acceptors (Lipinski definition) is 3. The van der Waals surface area contributed by atoms with Gasteiger partial charge in [-0.1, -0.05) is 18.2 Å². The normalized spacial score (nSPS) is 10.7. The first-order valence-electron chi connectivity index (χ1n) is 7.58. The van der Waals surface area contributed by atoms with Gasteiger partial charge in [-0.15, -0.1) is 0 Å². The maximum atomic E-state index is 12.5. The minimum absolute atomic E-state index is 0.208. The average molecular weight is 314 g/mol. The molecule has 2 aromatic rings. The van der Waals surface area contributed by atoms with Crippen LogP contribution in [0.25, 0.3) is 0 Å². The Balaban J connectivity index is 2.29. The number of esters is 1. The first-order valence-corrected chi connectivity index (χ1v) is 7.58. The SMILES string of the molecule is Cc1ccccc1NC(=O)c1[nH]c(C)c(C(=O)OC(C)C)c1C. The molecule has 0 aliphatic heterocycles. The Labute approximate surface area is 136 Å². The molecule has 1 amide bonds. The van der Waals surface area contributed by atoms with Crippen molar-refractivity contribution < 1.29 is 14.3 Å². The highest BCUT2D eigenvalue weighted by molar-refractivity contribution is 6.07. The fourth-order valence-electron chi connectivity index (χ4n) is 2.45. The van der Waals surface area contributed by atoms with E-state index in [0.717, 1.165) is 11.3 Å². The van der Waals surface area contributed by atoms with E-state index in [4.69, 9.17) is 4.74 Å². The van der Waals surface area contributed by atoms with Crippen molar-refractivity contribution in [3.63, 3.8) is 0 Å². The van der Waals surface area contributed by atoms with Crippen LogP contribution in [0, 0.1) is 20.8 Å². The van der Waals surface area contributed by atoms with Gasteiger partial charge in [0.2, 0.25) is 0 Å². The van der Waals surface area contributed by atoms with Crippen molar-refractivity contribution in [3.05, 3.63) is 52.3 Å². The molecule has 0 fully saturated rings. The van der Waals surface area contributed by atoms with Crippen molar-refractivity contribution in [1.29, 1.82) is 0 Å². The predicted molar refractivity (Wildman–Crippen MR) is 90.0 cm³/mol. The van der Waals surface area contributed by atoms with Crippen LogP contribution in [0.15, 0.2) is 24.3 Å². The van der Waals surface area contributed by atoms with Crippen LogP contribution >= 0.6 is 0 Å². The van der Waals surface area contributed by atoms with Crippen molar-refractivity contribution in [2.45, 2.75) is 40.7 Å². The Hall–Kier alpha value is -2.56. The number of amides is 1. The van der Waals surface area contributed by atoms with Crippen molar-refractivity contribution in [3.8, 4) is 0 Å². The van der Waals surface area contributed by atoms with Gasteiger partial charge < -0.3 is 15.0 Å².